The van der Waals surface area contributed by atoms with Crippen LogP contribution in [0.5, 0.6) is 0 Å². The number of thiophene rings is 1. The summed E-state index contributed by atoms with van der Waals surface area (Å²) in [5.41, 5.74) is 2.87. The number of fused-ring (bicyclic) bond motifs is 1. The summed E-state index contributed by atoms with van der Waals surface area (Å²) in [7, 11) is 0. The number of rotatable bonds is 4. The number of piperidine rings is 1. The largest absolute Gasteiger partial charge is 0.338 e. The minimum atomic E-state index is -0.406. The first-order chi connectivity index (χ1) is 16.1. The first-order valence-electron chi connectivity index (χ1n) is 11.5. The summed E-state index contributed by atoms with van der Waals surface area (Å²) < 4.78 is -0.202. The van der Waals surface area contributed by atoms with Gasteiger partial charge in [0, 0.05) is 41.3 Å². The fourth-order valence-electron chi connectivity index (χ4n) is 4.66. The Morgan fingerprint density at radius 3 is 2.50 bits per heavy atom. The number of carbonyl (C=O) groups excluding carboxylic acids is 4. The van der Waals surface area contributed by atoms with Crippen molar-refractivity contribution in [2.75, 3.05) is 25.0 Å². The first-order valence-corrected chi connectivity index (χ1v) is 13.1. The Kier molecular flexibility index (Phi) is 6.87. The first kappa shape index (κ1) is 24.5. The lowest BCUT2D eigenvalue weighted by molar-refractivity contribution is 0.0697. The van der Waals surface area contributed by atoms with Gasteiger partial charge in [0.15, 0.2) is 11.6 Å². The Hall–Kier alpha value is -2.65. The molecule has 1 aromatic heterocycles. The van der Waals surface area contributed by atoms with E-state index in [9.17, 15) is 19.2 Å². The summed E-state index contributed by atoms with van der Waals surface area (Å²) in [4.78, 5) is 54.0. The second kappa shape index (κ2) is 9.54. The van der Waals surface area contributed by atoms with Gasteiger partial charge in [0.1, 0.15) is 5.00 Å². The number of aryl methyl sites for hydroxylation is 1. The summed E-state index contributed by atoms with van der Waals surface area (Å²) in [6, 6.07) is 5.62. The van der Waals surface area contributed by atoms with Gasteiger partial charge in [0.2, 0.25) is 0 Å². The van der Waals surface area contributed by atoms with Gasteiger partial charge in [-0.2, -0.15) is 0 Å². The van der Waals surface area contributed by atoms with E-state index in [0.29, 0.717) is 59.9 Å². The predicted octanol–water partition coefficient (Wildman–Crippen LogP) is 5.06. The lowest BCUT2D eigenvalue weighted by atomic mass is 9.87. The molecule has 9 heteroatoms. The Morgan fingerprint density at radius 2 is 1.85 bits per heavy atom. The van der Waals surface area contributed by atoms with Crippen molar-refractivity contribution in [3.8, 4) is 0 Å². The van der Waals surface area contributed by atoms with Crippen LogP contribution in [0.25, 0.3) is 0 Å². The highest BCUT2D eigenvalue weighted by molar-refractivity contribution is 8.01. The van der Waals surface area contributed by atoms with Crippen LogP contribution in [-0.4, -0.2) is 52.8 Å². The Bertz CT molecular complexity index is 1180. The predicted molar refractivity (Wildman–Crippen MR) is 136 cm³/mol. The van der Waals surface area contributed by atoms with E-state index in [-0.39, 0.29) is 22.2 Å². The van der Waals surface area contributed by atoms with Gasteiger partial charge in [-0.1, -0.05) is 11.6 Å². The van der Waals surface area contributed by atoms with Crippen LogP contribution in [0, 0.1) is 13.8 Å². The standard InChI is InChI=1S/C25H29N3O4S2/c1-5-26-24(32)27-22-20(15(3)21(33-22)16(4)29)23(31)28-10-8-25(9-11-28)13-18(30)17-12-14(2)6-7-19(17)34-25/h6-7,12H,5,8-11,13H2,1-4H3,(H2,26,27,32). The Morgan fingerprint density at radius 1 is 1.15 bits per heavy atom. The van der Waals surface area contributed by atoms with Crippen LogP contribution < -0.4 is 10.6 Å². The summed E-state index contributed by atoms with van der Waals surface area (Å²) in [6.07, 6.45) is 1.90. The fourth-order valence-corrected chi connectivity index (χ4v) is 7.23. The van der Waals surface area contributed by atoms with Gasteiger partial charge >= 0.3 is 6.03 Å². The molecule has 1 aromatic carbocycles. The molecule has 0 atom stereocenters. The SMILES string of the molecule is CCNC(=O)Nc1sc(C(C)=O)c(C)c1C(=O)N1CCC2(CC1)CC(=O)c1cc(C)ccc1S2. The number of hydrogen-bond acceptors (Lipinski definition) is 6. The van der Waals surface area contributed by atoms with Crippen molar-refractivity contribution in [1.29, 1.82) is 0 Å². The van der Waals surface area contributed by atoms with E-state index in [4.69, 9.17) is 0 Å². The summed E-state index contributed by atoms with van der Waals surface area (Å²) in [6.45, 7) is 8.51. The highest BCUT2D eigenvalue weighted by Crippen LogP contribution is 2.49. The molecule has 7 nitrogen and oxygen atoms in total. The summed E-state index contributed by atoms with van der Waals surface area (Å²) >= 11 is 2.90. The van der Waals surface area contributed by atoms with Gasteiger partial charge in [-0.3, -0.25) is 19.7 Å². The molecule has 4 rings (SSSR count). The van der Waals surface area contributed by atoms with Crippen molar-refractivity contribution in [2.45, 2.75) is 56.6 Å². The second-order valence-electron chi connectivity index (χ2n) is 8.98. The number of urea groups is 1. The Balaban J connectivity index is 1.54. The smallest absolute Gasteiger partial charge is 0.319 e. The molecule has 0 radical (unpaired) electrons. The van der Waals surface area contributed by atoms with Crippen molar-refractivity contribution in [3.63, 3.8) is 0 Å². The van der Waals surface area contributed by atoms with Crippen LogP contribution in [0.3, 0.4) is 0 Å². The number of amides is 3. The molecule has 3 heterocycles. The molecule has 0 bridgehead atoms. The number of benzene rings is 1. The van der Waals surface area contributed by atoms with Crippen LogP contribution in [-0.2, 0) is 0 Å². The molecule has 2 aromatic rings. The van der Waals surface area contributed by atoms with Crippen molar-refractivity contribution in [2.24, 2.45) is 0 Å². The van der Waals surface area contributed by atoms with Gasteiger partial charge in [-0.25, -0.2) is 4.79 Å². The van der Waals surface area contributed by atoms with Crippen LogP contribution in [0.1, 0.15) is 74.6 Å². The number of Topliss-reactive ketones (excluding diaryl/α,β-unsaturated/α-hetero) is 2. The van der Waals surface area contributed by atoms with Crippen LogP contribution in [0.2, 0.25) is 0 Å². The van der Waals surface area contributed by atoms with Crippen molar-refractivity contribution in [1.82, 2.24) is 10.2 Å². The Labute approximate surface area is 207 Å². The molecular formula is C25H29N3O4S2. The normalized spacial score (nSPS) is 16.8. The number of nitrogens with one attached hydrogen (secondary N) is 2. The molecule has 1 fully saturated rings. The minimum Gasteiger partial charge on any atom is -0.338 e. The minimum absolute atomic E-state index is 0.135. The van der Waals surface area contributed by atoms with Crippen molar-refractivity contribution >= 4 is 51.6 Å². The number of thioether (sulfide) groups is 1. The highest BCUT2D eigenvalue weighted by Gasteiger charge is 2.43. The van der Waals surface area contributed by atoms with E-state index in [2.05, 4.69) is 10.6 Å². The second-order valence-corrected chi connectivity index (χ2v) is 11.5. The molecule has 3 amide bonds. The molecule has 34 heavy (non-hydrogen) atoms. The molecule has 0 aliphatic carbocycles. The van der Waals surface area contributed by atoms with E-state index >= 15 is 0 Å². The molecule has 0 saturated carbocycles. The molecule has 2 aliphatic rings. The average Bonchev–Trinajstić information content (AvgIpc) is 3.10. The zero-order valence-electron chi connectivity index (χ0n) is 19.9. The van der Waals surface area contributed by atoms with Gasteiger partial charge in [-0.05, 0) is 58.2 Å². The zero-order valence-corrected chi connectivity index (χ0v) is 21.5. The number of anilines is 1. The lowest BCUT2D eigenvalue weighted by Gasteiger charge is -2.43. The number of hydrogen-bond donors (Lipinski definition) is 2. The maximum atomic E-state index is 13.6. The monoisotopic (exact) mass is 499 g/mol. The fraction of sp³-hybridized carbons (Fsp3) is 0.440. The van der Waals surface area contributed by atoms with Crippen molar-refractivity contribution in [3.05, 3.63) is 45.3 Å². The quantitative estimate of drug-likeness (QED) is 0.573. The van der Waals surface area contributed by atoms with Crippen LogP contribution >= 0.6 is 23.1 Å². The molecule has 2 N–H and O–H groups in total. The third-order valence-electron chi connectivity index (χ3n) is 6.45. The number of ketones is 2. The van der Waals surface area contributed by atoms with Gasteiger partial charge < -0.3 is 10.2 Å². The number of likely N-dealkylation sites (tertiary alicyclic amines) is 1. The maximum Gasteiger partial charge on any atom is 0.319 e. The lowest BCUT2D eigenvalue weighted by Crippen LogP contribution is -2.47. The van der Waals surface area contributed by atoms with E-state index in [1.165, 1.54) is 6.92 Å². The molecule has 1 saturated heterocycles. The van der Waals surface area contributed by atoms with Crippen molar-refractivity contribution < 1.29 is 19.2 Å². The zero-order chi connectivity index (χ0) is 24.6. The van der Waals surface area contributed by atoms with Gasteiger partial charge in [-0.15, -0.1) is 23.1 Å². The summed E-state index contributed by atoms with van der Waals surface area (Å²) in [5, 5.41) is 5.80. The van der Waals surface area contributed by atoms with E-state index < -0.39 is 6.03 Å². The average molecular weight is 500 g/mol. The molecule has 1 spiro atoms. The maximum absolute atomic E-state index is 13.6. The van der Waals surface area contributed by atoms with E-state index in [1.54, 1.807) is 23.6 Å². The van der Waals surface area contributed by atoms with Crippen LogP contribution in [0.15, 0.2) is 23.1 Å². The molecule has 180 valence electrons. The summed E-state index contributed by atoms with van der Waals surface area (Å²) in [5.74, 6) is -0.152. The number of nitrogens with zero attached hydrogens (tertiary/aromatic N) is 1. The van der Waals surface area contributed by atoms with Gasteiger partial charge in [0.25, 0.3) is 5.91 Å². The van der Waals surface area contributed by atoms with Crippen LogP contribution in [0.4, 0.5) is 9.80 Å². The molecule has 2 aliphatic heterocycles. The third-order valence-corrected chi connectivity index (χ3v) is 9.32. The third kappa shape index (κ3) is 4.63. The topological polar surface area (TPSA) is 95.6 Å². The van der Waals surface area contributed by atoms with E-state index in [1.807, 2.05) is 32.0 Å². The van der Waals surface area contributed by atoms with Gasteiger partial charge in [0.05, 0.1) is 10.4 Å². The van der Waals surface area contributed by atoms with E-state index in [0.717, 1.165) is 27.4 Å². The number of carbonyl (C=O) groups is 4. The highest BCUT2D eigenvalue weighted by atomic mass is 32.2. The molecular weight excluding hydrogens is 470 g/mol. The molecule has 0 unspecified atom stereocenters.